The summed E-state index contributed by atoms with van der Waals surface area (Å²) in [5.41, 5.74) is -0.764. The van der Waals surface area contributed by atoms with Crippen LogP contribution in [0.3, 0.4) is 0 Å². The third-order valence-corrected chi connectivity index (χ3v) is 4.85. The molecule has 0 aromatic carbocycles. The number of urea groups is 1. The SMILES string of the molecule is CC1(C(=O)O)CCN(C(=O)NC2CCOC(C(C)(C)C)C2)C1. The van der Waals surface area contributed by atoms with Crippen molar-refractivity contribution >= 4 is 12.0 Å². The number of amides is 2. The highest BCUT2D eigenvalue weighted by molar-refractivity contribution is 5.79. The molecule has 2 saturated heterocycles. The van der Waals surface area contributed by atoms with Gasteiger partial charge in [-0.1, -0.05) is 20.8 Å². The molecular formula is C16H28N2O4. The van der Waals surface area contributed by atoms with E-state index >= 15 is 0 Å². The molecule has 2 amide bonds. The third-order valence-electron chi connectivity index (χ3n) is 4.85. The van der Waals surface area contributed by atoms with E-state index in [-0.39, 0.29) is 30.1 Å². The topological polar surface area (TPSA) is 78.9 Å². The number of rotatable bonds is 2. The molecule has 3 atom stereocenters. The van der Waals surface area contributed by atoms with Crippen molar-refractivity contribution < 1.29 is 19.4 Å². The number of likely N-dealkylation sites (tertiary alicyclic amines) is 1. The first kappa shape index (κ1) is 17.1. The number of ether oxygens (including phenoxy) is 1. The molecule has 2 heterocycles. The molecule has 0 aromatic heterocycles. The Morgan fingerprint density at radius 3 is 2.59 bits per heavy atom. The van der Waals surface area contributed by atoms with Crippen LogP contribution < -0.4 is 5.32 Å². The van der Waals surface area contributed by atoms with Crippen LogP contribution in [0, 0.1) is 10.8 Å². The zero-order valence-corrected chi connectivity index (χ0v) is 14.0. The molecule has 22 heavy (non-hydrogen) atoms. The summed E-state index contributed by atoms with van der Waals surface area (Å²) in [7, 11) is 0. The number of carboxylic acid groups (broad SMARTS) is 1. The van der Waals surface area contributed by atoms with Crippen LogP contribution >= 0.6 is 0 Å². The zero-order chi connectivity index (χ0) is 16.5. The first-order valence-corrected chi connectivity index (χ1v) is 8.02. The van der Waals surface area contributed by atoms with Gasteiger partial charge in [0.2, 0.25) is 0 Å². The number of nitrogens with one attached hydrogen (secondary N) is 1. The minimum atomic E-state index is -0.832. The van der Waals surface area contributed by atoms with Gasteiger partial charge in [-0.2, -0.15) is 0 Å². The Bertz CT molecular complexity index is 446. The van der Waals surface area contributed by atoms with Crippen LogP contribution in [0.25, 0.3) is 0 Å². The molecule has 2 aliphatic heterocycles. The first-order valence-electron chi connectivity index (χ1n) is 8.02. The van der Waals surface area contributed by atoms with Crippen LogP contribution in [-0.2, 0) is 9.53 Å². The maximum absolute atomic E-state index is 12.4. The van der Waals surface area contributed by atoms with E-state index in [4.69, 9.17) is 4.74 Å². The van der Waals surface area contributed by atoms with Gasteiger partial charge >= 0.3 is 12.0 Å². The molecule has 126 valence electrons. The van der Waals surface area contributed by atoms with Crippen LogP contribution in [0.15, 0.2) is 0 Å². The smallest absolute Gasteiger partial charge is 0.317 e. The number of carboxylic acids is 1. The number of hydrogen-bond donors (Lipinski definition) is 2. The number of nitrogens with zero attached hydrogens (tertiary/aromatic N) is 1. The van der Waals surface area contributed by atoms with Crippen molar-refractivity contribution in [2.24, 2.45) is 10.8 Å². The molecule has 0 radical (unpaired) electrons. The van der Waals surface area contributed by atoms with Gasteiger partial charge in [-0.05, 0) is 31.6 Å². The zero-order valence-electron chi connectivity index (χ0n) is 14.0. The summed E-state index contributed by atoms with van der Waals surface area (Å²) in [5, 5.41) is 12.3. The Balaban J connectivity index is 1.89. The van der Waals surface area contributed by atoms with Gasteiger partial charge in [0.05, 0.1) is 11.5 Å². The van der Waals surface area contributed by atoms with Crippen molar-refractivity contribution in [3.8, 4) is 0 Å². The minimum absolute atomic E-state index is 0.0545. The molecule has 0 aromatic rings. The highest BCUT2D eigenvalue weighted by atomic mass is 16.5. The standard InChI is InChI=1S/C16H28N2O4/c1-15(2,3)12-9-11(5-8-22-12)17-14(21)18-7-6-16(4,10-18)13(19)20/h11-12H,5-10H2,1-4H3,(H,17,21)(H,19,20). The van der Waals surface area contributed by atoms with Crippen LogP contribution in [0.5, 0.6) is 0 Å². The number of hydrogen-bond acceptors (Lipinski definition) is 3. The molecule has 2 N–H and O–H groups in total. The Hall–Kier alpha value is -1.30. The Kier molecular flexibility index (Phi) is 4.70. The van der Waals surface area contributed by atoms with Gasteiger partial charge in [0.25, 0.3) is 0 Å². The van der Waals surface area contributed by atoms with Gasteiger partial charge in [0.1, 0.15) is 0 Å². The summed E-state index contributed by atoms with van der Waals surface area (Å²) in [6.45, 7) is 9.55. The fraction of sp³-hybridized carbons (Fsp3) is 0.875. The van der Waals surface area contributed by atoms with Crippen molar-refractivity contribution in [2.45, 2.75) is 59.1 Å². The van der Waals surface area contributed by atoms with Crippen molar-refractivity contribution in [2.75, 3.05) is 19.7 Å². The van der Waals surface area contributed by atoms with Crippen molar-refractivity contribution in [1.82, 2.24) is 10.2 Å². The molecular weight excluding hydrogens is 284 g/mol. The van der Waals surface area contributed by atoms with E-state index in [9.17, 15) is 14.7 Å². The van der Waals surface area contributed by atoms with Gasteiger partial charge < -0.3 is 20.1 Å². The summed E-state index contributed by atoms with van der Waals surface area (Å²) < 4.78 is 5.80. The largest absolute Gasteiger partial charge is 0.481 e. The molecule has 0 saturated carbocycles. The molecule has 0 bridgehead atoms. The molecule has 0 aliphatic carbocycles. The summed E-state index contributed by atoms with van der Waals surface area (Å²) in [6, 6.07) is -0.0494. The van der Waals surface area contributed by atoms with Gasteiger partial charge in [0, 0.05) is 25.7 Å². The second-order valence-electron chi connectivity index (χ2n) is 7.93. The molecule has 0 spiro atoms. The Labute approximate surface area is 132 Å². The predicted molar refractivity (Wildman–Crippen MR) is 82.7 cm³/mol. The van der Waals surface area contributed by atoms with Gasteiger partial charge in [-0.25, -0.2) is 4.79 Å². The average molecular weight is 312 g/mol. The van der Waals surface area contributed by atoms with Crippen molar-refractivity contribution in [1.29, 1.82) is 0 Å². The summed E-state index contributed by atoms with van der Waals surface area (Å²) in [4.78, 5) is 25.2. The molecule has 6 nitrogen and oxygen atoms in total. The fourth-order valence-electron chi connectivity index (χ4n) is 3.11. The molecule has 6 heteroatoms. The Morgan fingerprint density at radius 1 is 1.36 bits per heavy atom. The van der Waals surface area contributed by atoms with Crippen LogP contribution in [0.1, 0.15) is 47.0 Å². The van der Waals surface area contributed by atoms with Crippen LogP contribution in [-0.4, -0.2) is 53.8 Å². The molecule has 3 unspecified atom stereocenters. The maximum Gasteiger partial charge on any atom is 0.317 e. The second-order valence-corrected chi connectivity index (χ2v) is 7.93. The average Bonchev–Trinajstić information content (AvgIpc) is 2.82. The van der Waals surface area contributed by atoms with Crippen LogP contribution in [0.4, 0.5) is 4.79 Å². The van der Waals surface area contributed by atoms with E-state index in [1.807, 2.05) is 0 Å². The van der Waals surface area contributed by atoms with E-state index in [2.05, 4.69) is 26.1 Å². The number of carbonyl (C=O) groups is 2. The summed E-state index contributed by atoms with van der Waals surface area (Å²) in [6.07, 6.45) is 2.25. The fourth-order valence-corrected chi connectivity index (χ4v) is 3.11. The lowest BCUT2D eigenvalue weighted by Crippen LogP contribution is -2.50. The van der Waals surface area contributed by atoms with Gasteiger partial charge in [-0.3, -0.25) is 4.79 Å². The summed E-state index contributed by atoms with van der Waals surface area (Å²) >= 11 is 0. The van der Waals surface area contributed by atoms with E-state index in [0.717, 1.165) is 12.8 Å². The highest BCUT2D eigenvalue weighted by Gasteiger charge is 2.42. The van der Waals surface area contributed by atoms with E-state index in [1.54, 1.807) is 11.8 Å². The maximum atomic E-state index is 12.4. The van der Waals surface area contributed by atoms with Crippen LogP contribution in [0.2, 0.25) is 0 Å². The van der Waals surface area contributed by atoms with Gasteiger partial charge in [0.15, 0.2) is 0 Å². The minimum Gasteiger partial charge on any atom is -0.481 e. The van der Waals surface area contributed by atoms with Gasteiger partial charge in [-0.15, -0.1) is 0 Å². The molecule has 2 fully saturated rings. The molecule has 2 aliphatic rings. The lowest BCUT2D eigenvalue weighted by Gasteiger charge is -2.38. The lowest BCUT2D eigenvalue weighted by molar-refractivity contribution is -0.147. The van der Waals surface area contributed by atoms with Crippen molar-refractivity contribution in [3.05, 3.63) is 0 Å². The molecule has 2 rings (SSSR count). The van der Waals surface area contributed by atoms with E-state index < -0.39 is 11.4 Å². The lowest BCUT2D eigenvalue weighted by atomic mass is 9.83. The second kappa shape index (κ2) is 6.07. The third kappa shape index (κ3) is 3.72. The summed E-state index contributed by atoms with van der Waals surface area (Å²) in [5.74, 6) is -0.832. The van der Waals surface area contributed by atoms with E-state index in [0.29, 0.717) is 19.6 Å². The predicted octanol–water partition coefficient (Wildman–Crippen LogP) is 2.09. The van der Waals surface area contributed by atoms with E-state index in [1.165, 1.54) is 0 Å². The normalized spacial score (nSPS) is 32.8. The first-order chi connectivity index (χ1) is 10.1. The highest BCUT2D eigenvalue weighted by Crippen LogP contribution is 2.31. The quantitative estimate of drug-likeness (QED) is 0.818. The number of carbonyl (C=O) groups excluding carboxylic acids is 1. The van der Waals surface area contributed by atoms with Crippen molar-refractivity contribution in [3.63, 3.8) is 0 Å². The number of aliphatic carboxylic acids is 1. The monoisotopic (exact) mass is 312 g/mol. The Morgan fingerprint density at radius 2 is 2.05 bits per heavy atom.